The largest absolute Gasteiger partial charge is 0.263 e. The minimum atomic E-state index is -3.74. The van der Waals surface area contributed by atoms with Crippen LogP contribution in [0.15, 0.2) is 29.2 Å². The molecule has 2 rings (SSSR count). The van der Waals surface area contributed by atoms with E-state index in [2.05, 4.69) is 20.1 Å². The zero-order valence-electron chi connectivity index (χ0n) is 9.38. The number of rotatable bonds is 3. The van der Waals surface area contributed by atoms with E-state index >= 15 is 0 Å². The van der Waals surface area contributed by atoms with Crippen molar-refractivity contribution < 1.29 is 8.42 Å². The van der Waals surface area contributed by atoms with Crippen LogP contribution in [0.1, 0.15) is 11.3 Å². The van der Waals surface area contributed by atoms with Gasteiger partial charge in [-0.25, -0.2) is 13.5 Å². The molecule has 1 aromatic carbocycles. The van der Waals surface area contributed by atoms with E-state index in [0.717, 1.165) is 5.56 Å². The highest BCUT2D eigenvalue weighted by Gasteiger charge is 2.17. The summed E-state index contributed by atoms with van der Waals surface area (Å²) in [5.41, 5.74) is 0.848. The van der Waals surface area contributed by atoms with E-state index in [1.54, 1.807) is 18.2 Å². The predicted molar refractivity (Wildman–Crippen MR) is 63.1 cm³/mol. The van der Waals surface area contributed by atoms with Gasteiger partial charge in [-0.3, -0.25) is 4.72 Å². The summed E-state index contributed by atoms with van der Waals surface area (Å²) in [6.45, 7) is 1.86. The van der Waals surface area contributed by atoms with Crippen LogP contribution in [-0.2, 0) is 10.0 Å². The molecule has 0 spiro atoms. The predicted octanol–water partition coefficient (Wildman–Crippen LogP) is 0.786. The molecule has 0 saturated carbocycles. The van der Waals surface area contributed by atoms with E-state index in [1.165, 1.54) is 12.1 Å². The van der Waals surface area contributed by atoms with E-state index in [4.69, 9.17) is 5.26 Å². The Hall–Kier alpha value is -2.40. The van der Waals surface area contributed by atoms with E-state index in [0.29, 0.717) is 0 Å². The summed E-state index contributed by atoms with van der Waals surface area (Å²) in [5, 5.41) is 17.8. The highest BCUT2D eigenvalue weighted by molar-refractivity contribution is 7.92. The van der Waals surface area contributed by atoms with E-state index < -0.39 is 10.0 Å². The normalized spacial score (nSPS) is 10.9. The van der Waals surface area contributed by atoms with Crippen molar-refractivity contribution in [1.29, 1.82) is 5.26 Å². The number of aryl methyl sites for hydroxylation is 1. The Morgan fingerprint density at radius 1 is 1.33 bits per heavy atom. The number of aromatic nitrogens is 3. The molecule has 18 heavy (non-hydrogen) atoms. The van der Waals surface area contributed by atoms with Crippen LogP contribution in [0.5, 0.6) is 0 Å². The fourth-order valence-electron chi connectivity index (χ4n) is 1.29. The molecule has 2 aromatic rings. The van der Waals surface area contributed by atoms with Crippen molar-refractivity contribution in [3.8, 4) is 6.07 Å². The Kier molecular flexibility index (Phi) is 2.99. The average Bonchev–Trinajstić information content (AvgIpc) is 2.76. The zero-order chi connectivity index (χ0) is 13.2. The van der Waals surface area contributed by atoms with E-state index in [9.17, 15) is 8.42 Å². The molecule has 0 saturated heterocycles. The van der Waals surface area contributed by atoms with Crippen LogP contribution in [-0.4, -0.2) is 23.8 Å². The molecule has 0 fully saturated rings. The summed E-state index contributed by atoms with van der Waals surface area (Å²) in [6.07, 6.45) is 0. The Labute approximate surface area is 104 Å². The smallest absolute Gasteiger partial charge is 0.261 e. The van der Waals surface area contributed by atoms with Crippen molar-refractivity contribution in [1.82, 2.24) is 15.4 Å². The highest BCUT2D eigenvalue weighted by Crippen LogP contribution is 2.16. The number of hydrogen-bond donors (Lipinski definition) is 2. The first-order valence-electron chi connectivity index (χ1n) is 4.93. The molecule has 0 bridgehead atoms. The first-order valence-corrected chi connectivity index (χ1v) is 6.42. The molecule has 2 N–H and O–H groups in total. The summed E-state index contributed by atoms with van der Waals surface area (Å²) in [5.74, 6) is -0.0434. The van der Waals surface area contributed by atoms with Crippen LogP contribution >= 0.6 is 0 Å². The Morgan fingerprint density at radius 3 is 2.61 bits per heavy atom. The summed E-state index contributed by atoms with van der Waals surface area (Å²) < 4.78 is 26.2. The van der Waals surface area contributed by atoms with Gasteiger partial charge in [-0.15, -0.1) is 5.10 Å². The lowest BCUT2D eigenvalue weighted by Gasteiger charge is -2.05. The Bertz CT molecular complexity index is 697. The molecule has 8 heteroatoms. The zero-order valence-corrected chi connectivity index (χ0v) is 10.2. The van der Waals surface area contributed by atoms with Gasteiger partial charge in [-0.05, 0) is 19.1 Å². The minimum absolute atomic E-state index is 0.0434. The summed E-state index contributed by atoms with van der Waals surface area (Å²) in [6, 6.07) is 8.06. The molecule has 0 aliphatic heterocycles. The number of anilines is 1. The van der Waals surface area contributed by atoms with Gasteiger partial charge in [0.05, 0.1) is 4.90 Å². The van der Waals surface area contributed by atoms with Gasteiger partial charge in [0.1, 0.15) is 6.07 Å². The lowest BCUT2D eigenvalue weighted by atomic mass is 10.2. The standard InChI is InChI=1S/C10H9N5O2S/c1-7-2-4-8(5-3-7)18(16,17)14-10-9(6-11)12-15-13-10/h2-5H,1H3,(H2,12,13,14,15). The number of aromatic amines is 1. The molecular formula is C10H9N5O2S. The third-order valence-corrected chi connectivity index (χ3v) is 3.59. The molecule has 1 aromatic heterocycles. The maximum Gasteiger partial charge on any atom is 0.263 e. The van der Waals surface area contributed by atoms with E-state index in [-0.39, 0.29) is 16.4 Å². The summed E-state index contributed by atoms with van der Waals surface area (Å²) in [4.78, 5) is 0.103. The maximum atomic E-state index is 12.0. The molecule has 0 atom stereocenters. The van der Waals surface area contributed by atoms with Crippen molar-refractivity contribution in [3.63, 3.8) is 0 Å². The Balaban J connectivity index is 2.34. The van der Waals surface area contributed by atoms with Crippen LogP contribution < -0.4 is 4.72 Å². The van der Waals surface area contributed by atoms with Crippen LogP contribution in [0.3, 0.4) is 0 Å². The molecule has 0 amide bonds. The number of nitriles is 1. The number of nitrogens with zero attached hydrogens (tertiary/aromatic N) is 3. The molecule has 1 heterocycles. The topological polar surface area (TPSA) is 112 Å². The van der Waals surface area contributed by atoms with Crippen LogP contribution in [0.25, 0.3) is 0 Å². The molecule has 0 aliphatic rings. The SMILES string of the molecule is Cc1ccc(S(=O)(=O)Nc2[nH]nnc2C#N)cc1. The number of benzene rings is 1. The second-order valence-electron chi connectivity index (χ2n) is 3.57. The van der Waals surface area contributed by atoms with Crippen molar-refractivity contribution in [2.75, 3.05) is 4.72 Å². The minimum Gasteiger partial charge on any atom is -0.261 e. The monoisotopic (exact) mass is 263 g/mol. The van der Waals surface area contributed by atoms with Crippen molar-refractivity contribution in [2.24, 2.45) is 0 Å². The average molecular weight is 263 g/mol. The first-order chi connectivity index (χ1) is 8.53. The van der Waals surface area contributed by atoms with Gasteiger partial charge in [0, 0.05) is 0 Å². The van der Waals surface area contributed by atoms with Gasteiger partial charge in [-0.1, -0.05) is 22.9 Å². The number of nitrogens with one attached hydrogen (secondary N) is 2. The lowest BCUT2D eigenvalue weighted by molar-refractivity contribution is 0.601. The molecule has 0 aliphatic carbocycles. The molecule has 7 nitrogen and oxygen atoms in total. The number of sulfonamides is 1. The van der Waals surface area contributed by atoms with Crippen LogP contribution in [0.2, 0.25) is 0 Å². The van der Waals surface area contributed by atoms with Gasteiger partial charge in [-0.2, -0.15) is 5.26 Å². The van der Waals surface area contributed by atoms with Crippen molar-refractivity contribution in [3.05, 3.63) is 35.5 Å². The quantitative estimate of drug-likeness (QED) is 0.850. The molecule has 0 radical (unpaired) electrons. The lowest BCUT2D eigenvalue weighted by Crippen LogP contribution is -2.14. The van der Waals surface area contributed by atoms with Crippen molar-refractivity contribution >= 4 is 15.8 Å². The fourth-order valence-corrected chi connectivity index (χ4v) is 2.31. The van der Waals surface area contributed by atoms with Crippen molar-refractivity contribution in [2.45, 2.75) is 11.8 Å². The highest BCUT2D eigenvalue weighted by atomic mass is 32.2. The second kappa shape index (κ2) is 4.46. The molecule has 92 valence electrons. The van der Waals surface area contributed by atoms with Crippen LogP contribution in [0, 0.1) is 18.3 Å². The van der Waals surface area contributed by atoms with Gasteiger partial charge >= 0.3 is 0 Å². The van der Waals surface area contributed by atoms with E-state index in [1.807, 2.05) is 6.92 Å². The molecular weight excluding hydrogens is 254 g/mol. The van der Waals surface area contributed by atoms with Gasteiger partial charge in [0.2, 0.25) is 5.69 Å². The summed E-state index contributed by atoms with van der Waals surface area (Å²) >= 11 is 0. The third kappa shape index (κ3) is 2.31. The summed E-state index contributed by atoms with van der Waals surface area (Å²) in [7, 11) is -3.74. The second-order valence-corrected chi connectivity index (χ2v) is 5.25. The van der Waals surface area contributed by atoms with Gasteiger partial charge in [0.25, 0.3) is 10.0 Å². The van der Waals surface area contributed by atoms with Gasteiger partial charge < -0.3 is 0 Å². The number of H-pyrrole nitrogens is 1. The number of hydrogen-bond acceptors (Lipinski definition) is 5. The first kappa shape index (κ1) is 12.1. The maximum absolute atomic E-state index is 12.0. The van der Waals surface area contributed by atoms with Crippen LogP contribution in [0.4, 0.5) is 5.82 Å². The fraction of sp³-hybridized carbons (Fsp3) is 0.100. The molecule has 0 unspecified atom stereocenters. The van der Waals surface area contributed by atoms with Gasteiger partial charge in [0.15, 0.2) is 5.82 Å². The third-order valence-electron chi connectivity index (χ3n) is 2.22. The Morgan fingerprint density at radius 2 is 2.00 bits per heavy atom.